The van der Waals surface area contributed by atoms with E-state index in [1.165, 1.54) is 10.4 Å². The highest BCUT2D eigenvalue weighted by Crippen LogP contribution is 2.37. The Morgan fingerprint density at radius 3 is 2.71 bits per heavy atom. The van der Waals surface area contributed by atoms with E-state index in [-0.39, 0.29) is 9.23 Å². The van der Waals surface area contributed by atoms with E-state index in [4.69, 9.17) is 28.9 Å². The van der Waals surface area contributed by atoms with Gasteiger partial charge in [-0.1, -0.05) is 35.3 Å². The topological polar surface area (TPSA) is 63.4 Å². The molecule has 0 aliphatic carbocycles. The molecule has 2 aromatic rings. The molecule has 0 unspecified atom stereocenters. The smallest absolute Gasteiger partial charge is 0.245 e. The van der Waals surface area contributed by atoms with Crippen LogP contribution in [0.5, 0.6) is 0 Å². The normalized spacial score (nSPS) is 15.9. The maximum Gasteiger partial charge on any atom is 0.245 e. The van der Waals surface area contributed by atoms with Crippen molar-refractivity contribution in [1.29, 1.82) is 0 Å². The molecule has 112 valence electrons. The van der Waals surface area contributed by atoms with Crippen LogP contribution in [0.3, 0.4) is 0 Å². The lowest BCUT2D eigenvalue weighted by Crippen LogP contribution is -2.36. The third-order valence-electron chi connectivity index (χ3n) is 3.51. The van der Waals surface area contributed by atoms with Gasteiger partial charge >= 0.3 is 0 Å². The summed E-state index contributed by atoms with van der Waals surface area (Å²) >= 11 is 12.9. The molecule has 2 N–H and O–H groups in total. The van der Waals surface area contributed by atoms with Crippen molar-refractivity contribution < 1.29 is 8.42 Å². The molecule has 21 heavy (non-hydrogen) atoms. The van der Waals surface area contributed by atoms with Crippen LogP contribution in [0.1, 0.15) is 11.1 Å². The first-order chi connectivity index (χ1) is 9.89. The summed E-state index contributed by atoms with van der Waals surface area (Å²) in [5.74, 6) is 0. The Labute approximate surface area is 137 Å². The van der Waals surface area contributed by atoms with E-state index < -0.39 is 10.0 Å². The summed E-state index contributed by atoms with van der Waals surface area (Å²) in [4.78, 5) is 0.0755. The number of hydrogen-bond donors (Lipinski definition) is 1. The standard InChI is InChI=1S/C13H12Cl2N2O2S2/c14-12-6-11(13(15)20-12)21(18,19)17-5-4-9-8(7-17)2-1-3-10(9)16/h1-3,6H,4-5,7,16H2. The molecule has 0 saturated heterocycles. The number of nitrogens with zero attached hydrogens (tertiary/aromatic N) is 1. The number of benzene rings is 1. The van der Waals surface area contributed by atoms with Gasteiger partial charge in [0.2, 0.25) is 10.0 Å². The molecule has 4 nitrogen and oxygen atoms in total. The minimum Gasteiger partial charge on any atom is -0.398 e. The van der Waals surface area contributed by atoms with E-state index >= 15 is 0 Å². The quantitative estimate of drug-likeness (QED) is 0.832. The van der Waals surface area contributed by atoms with Crippen molar-refractivity contribution >= 4 is 50.2 Å². The molecule has 0 bridgehead atoms. The maximum atomic E-state index is 12.7. The highest BCUT2D eigenvalue weighted by atomic mass is 35.5. The van der Waals surface area contributed by atoms with E-state index in [0.29, 0.717) is 29.5 Å². The molecule has 1 aliphatic rings. The molecule has 1 aromatic carbocycles. The SMILES string of the molecule is Nc1cccc2c1CCN(S(=O)(=O)c1cc(Cl)sc1Cl)C2. The van der Waals surface area contributed by atoms with Crippen LogP contribution in [-0.2, 0) is 23.0 Å². The van der Waals surface area contributed by atoms with Gasteiger partial charge in [0.05, 0.1) is 4.34 Å². The first kappa shape index (κ1) is 15.1. The molecule has 0 spiro atoms. The van der Waals surface area contributed by atoms with Gasteiger partial charge < -0.3 is 5.73 Å². The summed E-state index contributed by atoms with van der Waals surface area (Å²) in [7, 11) is -3.64. The minimum absolute atomic E-state index is 0.0755. The summed E-state index contributed by atoms with van der Waals surface area (Å²) in [6.45, 7) is 0.680. The zero-order chi connectivity index (χ0) is 15.2. The second kappa shape index (κ2) is 5.44. The van der Waals surface area contributed by atoms with Crippen LogP contribution in [0.4, 0.5) is 5.69 Å². The second-order valence-electron chi connectivity index (χ2n) is 4.76. The molecule has 0 fully saturated rings. The molecular formula is C13H12Cl2N2O2S2. The number of rotatable bonds is 2. The minimum atomic E-state index is -3.64. The van der Waals surface area contributed by atoms with Gasteiger partial charge in [-0.15, -0.1) is 11.3 Å². The van der Waals surface area contributed by atoms with Gasteiger partial charge in [-0.3, -0.25) is 0 Å². The van der Waals surface area contributed by atoms with E-state index in [1.54, 1.807) is 0 Å². The van der Waals surface area contributed by atoms with Crippen LogP contribution in [0.25, 0.3) is 0 Å². The van der Waals surface area contributed by atoms with Crippen molar-refractivity contribution in [3.05, 3.63) is 44.1 Å². The fraction of sp³-hybridized carbons (Fsp3) is 0.231. The fourth-order valence-electron chi connectivity index (χ4n) is 2.46. The van der Waals surface area contributed by atoms with Crippen molar-refractivity contribution in [1.82, 2.24) is 4.31 Å². The van der Waals surface area contributed by atoms with Crippen molar-refractivity contribution in [2.45, 2.75) is 17.9 Å². The number of thiophene rings is 1. The molecule has 3 rings (SSSR count). The van der Waals surface area contributed by atoms with E-state index in [0.717, 1.165) is 22.5 Å². The van der Waals surface area contributed by atoms with E-state index in [2.05, 4.69) is 0 Å². The lowest BCUT2D eigenvalue weighted by Gasteiger charge is -2.28. The van der Waals surface area contributed by atoms with Crippen molar-refractivity contribution in [2.75, 3.05) is 12.3 Å². The molecule has 8 heteroatoms. The number of nitrogens with two attached hydrogens (primary N) is 1. The summed E-state index contributed by atoms with van der Waals surface area (Å²) < 4.78 is 27.3. The van der Waals surface area contributed by atoms with Gasteiger partial charge in [0.1, 0.15) is 9.23 Å². The van der Waals surface area contributed by atoms with Gasteiger partial charge in [0, 0.05) is 18.8 Å². The fourth-order valence-corrected chi connectivity index (χ4v) is 5.99. The Hall–Kier alpha value is -0.790. The zero-order valence-electron chi connectivity index (χ0n) is 10.8. The van der Waals surface area contributed by atoms with Crippen LogP contribution in [0.15, 0.2) is 29.2 Å². The summed E-state index contributed by atoms with van der Waals surface area (Å²) in [5, 5.41) is 0. The average Bonchev–Trinajstić information content (AvgIpc) is 2.78. The van der Waals surface area contributed by atoms with Gasteiger partial charge in [-0.25, -0.2) is 8.42 Å². The summed E-state index contributed by atoms with van der Waals surface area (Å²) in [5.41, 5.74) is 8.60. The molecular weight excluding hydrogens is 351 g/mol. The average molecular weight is 363 g/mol. The summed E-state index contributed by atoms with van der Waals surface area (Å²) in [6, 6.07) is 6.96. The van der Waals surface area contributed by atoms with Crippen LogP contribution in [-0.4, -0.2) is 19.3 Å². The first-order valence-electron chi connectivity index (χ1n) is 6.21. The Kier molecular flexibility index (Phi) is 3.92. The predicted octanol–water partition coefficient (Wildman–Crippen LogP) is 3.38. The molecule has 0 atom stereocenters. The Balaban J connectivity index is 1.97. The Morgan fingerprint density at radius 2 is 2.05 bits per heavy atom. The molecule has 0 saturated carbocycles. The summed E-state index contributed by atoms with van der Waals surface area (Å²) in [6.07, 6.45) is 0.594. The van der Waals surface area contributed by atoms with Crippen LogP contribution in [0, 0.1) is 0 Å². The highest BCUT2D eigenvalue weighted by molar-refractivity contribution is 7.89. The highest BCUT2D eigenvalue weighted by Gasteiger charge is 2.31. The van der Waals surface area contributed by atoms with E-state index in [1.807, 2.05) is 18.2 Å². The maximum absolute atomic E-state index is 12.7. The first-order valence-corrected chi connectivity index (χ1v) is 9.22. The zero-order valence-corrected chi connectivity index (χ0v) is 14.0. The number of anilines is 1. The van der Waals surface area contributed by atoms with Crippen molar-refractivity contribution in [3.8, 4) is 0 Å². The van der Waals surface area contributed by atoms with E-state index in [9.17, 15) is 8.42 Å². The molecule has 0 amide bonds. The third-order valence-corrected chi connectivity index (χ3v) is 7.11. The van der Waals surface area contributed by atoms with Gasteiger partial charge in [0.25, 0.3) is 0 Å². The Bertz CT molecular complexity index is 802. The molecule has 0 radical (unpaired) electrons. The predicted molar refractivity (Wildman–Crippen MR) is 86.5 cm³/mol. The second-order valence-corrected chi connectivity index (χ2v) is 8.95. The van der Waals surface area contributed by atoms with Crippen molar-refractivity contribution in [2.24, 2.45) is 0 Å². The molecule has 1 aliphatic heterocycles. The number of nitrogen functional groups attached to an aromatic ring is 1. The Morgan fingerprint density at radius 1 is 1.29 bits per heavy atom. The van der Waals surface area contributed by atoms with Gasteiger partial charge in [-0.2, -0.15) is 4.31 Å². The monoisotopic (exact) mass is 362 g/mol. The van der Waals surface area contributed by atoms with Crippen LogP contribution >= 0.6 is 34.5 Å². The third kappa shape index (κ3) is 2.66. The lowest BCUT2D eigenvalue weighted by atomic mass is 9.99. The van der Waals surface area contributed by atoms with Crippen LogP contribution < -0.4 is 5.73 Å². The van der Waals surface area contributed by atoms with Gasteiger partial charge in [0.15, 0.2) is 0 Å². The number of fused-ring (bicyclic) bond motifs is 1. The van der Waals surface area contributed by atoms with Crippen LogP contribution in [0.2, 0.25) is 8.67 Å². The largest absolute Gasteiger partial charge is 0.398 e. The lowest BCUT2D eigenvalue weighted by molar-refractivity contribution is 0.392. The number of sulfonamides is 1. The van der Waals surface area contributed by atoms with Gasteiger partial charge in [-0.05, 0) is 29.7 Å². The van der Waals surface area contributed by atoms with Crippen molar-refractivity contribution in [3.63, 3.8) is 0 Å². The molecule has 2 heterocycles. The number of halogens is 2. The molecule has 1 aromatic heterocycles. The number of hydrogen-bond acceptors (Lipinski definition) is 4.